The van der Waals surface area contributed by atoms with Gasteiger partial charge in [-0.25, -0.2) is 14.4 Å². The molecule has 2 aromatic carbocycles. The molecule has 0 saturated heterocycles. The van der Waals surface area contributed by atoms with Gasteiger partial charge >= 0.3 is 0 Å². The lowest BCUT2D eigenvalue weighted by molar-refractivity contribution is 0.0912. The van der Waals surface area contributed by atoms with Crippen LogP contribution in [0.5, 0.6) is 0 Å². The quantitative estimate of drug-likeness (QED) is 0.431. The van der Waals surface area contributed by atoms with Crippen molar-refractivity contribution in [2.24, 2.45) is 7.05 Å². The molecule has 0 radical (unpaired) electrons. The van der Waals surface area contributed by atoms with E-state index in [-0.39, 0.29) is 18.0 Å². The summed E-state index contributed by atoms with van der Waals surface area (Å²) in [6, 6.07) is 12.4. The number of hydrogen-bond acceptors (Lipinski definition) is 6. The average Bonchev–Trinajstić information content (AvgIpc) is 3.24. The summed E-state index contributed by atoms with van der Waals surface area (Å²) >= 11 is 0. The number of halogens is 1. The molecule has 8 nitrogen and oxygen atoms in total. The number of hydrogen-bond donors (Lipinski definition) is 3. The zero-order valence-corrected chi connectivity index (χ0v) is 17.2. The normalized spacial score (nSPS) is 11.8. The second-order valence-corrected chi connectivity index (χ2v) is 7.21. The van der Waals surface area contributed by atoms with Gasteiger partial charge in [-0.05, 0) is 17.7 Å². The molecule has 4 N–H and O–H groups in total. The van der Waals surface area contributed by atoms with E-state index in [1.165, 1.54) is 18.3 Å². The molecule has 4 rings (SSSR count). The highest BCUT2D eigenvalue weighted by atomic mass is 19.1. The molecule has 2 aromatic heterocycles. The van der Waals surface area contributed by atoms with Crippen molar-refractivity contribution in [3.8, 4) is 22.5 Å². The van der Waals surface area contributed by atoms with E-state index in [2.05, 4.69) is 20.4 Å². The summed E-state index contributed by atoms with van der Waals surface area (Å²) in [5, 5.41) is 16.4. The first-order valence-electron chi connectivity index (χ1n) is 9.84. The van der Waals surface area contributed by atoms with Crippen LogP contribution in [0.2, 0.25) is 0 Å². The van der Waals surface area contributed by atoms with Gasteiger partial charge in [-0.1, -0.05) is 36.4 Å². The number of nitrogens with one attached hydrogen (secondary N) is 1. The molecule has 0 unspecified atom stereocenters. The van der Waals surface area contributed by atoms with E-state index >= 15 is 0 Å². The fraction of sp³-hybridized carbons (Fsp3) is 0.130. The largest absolute Gasteiger partial charge is 0.394 e. The molecule has 1 atom stereocenters. The van der Waals surface area contributed by atoms with Gasteiger partial charge in [-0.15, -0.1) is 0 Å². The van der Waals surface area contributed by atoms with E-state index in [0.29, 0.717) is 17.0 Å². The van der Waals surface area contributed by atoms with Gasteiger partial charge in [0.1, 0.15) is 17.3 Å². The molecule has 0 aliphatic heterocycles. The molecule has 162 valence electrons. The summed E-state index contributed by atoms with van der Waals surface area (Å²) in [5.41, 5.74) is 8.51. The van der Waals surface area contributed by atoms with E-state index in [4.69, 9.17) is 5.73 Å². The number of rotatable bonds is 6. The van der Waals surface area contributed by atoms with Crippen LogP contribution < -0.4 is 11.1 Å². The number of nitrogens with two attached hydrogens (primary N) is 1. The lowest BCUT2D eigenvalue weighted by Gasteiger charge is -2.17. The van der Waals surface area contributed by atoms with Crippen LogP contribution >= 0.6 is 0 Å². The average molecular weight is 432 g/mol. The number of carbonyl (C=O) groups is 1. The molecule has 32 heavy (non-hydrogen) atoms. The summed E-state index contributed by atoms with van der Waals surface area (Å²) < 4.78 is 16.5. The number of benzene rings is 2. The number of nitrogens with zero attached hydrogens (tertiary/aromatic N) is 4. The van der Waals surface area contributed by atoms with Gasteiger partial charge in [-0.3, -0.25) is 9.48 Å². The molecule has 0 saturated carbocycles. The Morgan fingerprint density at radius 1 is 1.19 bits per heavy atom. The fourth-order valence-electron chi connectivity index (χ4n) is 3.31. The third-order valence-electron chi connectivity index (χ3n) is 4.98. The van der Waals surface area contributed by atoms with Gasteiger partial charge in [-0.2, -0.15) is 5.10 Å². The number of carbonyl (C=O) groups excluding carboxylic acids is 1. The second-order valence-electron chi connectivity index (χ2n) is 7.21. The van der Waals surface area contributed by atoms with Crippen LogP contribution in [-0.2, 0) is 7.05 Å². The molecule has 0 fully saturated rings. The van der Waals surface area contributed by atoms with Gasteiger partial charge in [0, 0.05) is 24.4 Å². The van der Waals surface area contributed by atoms with Gasteiger partial charge in [0.15, 0.2) is 0 Å². The van der Waals surface area contributed by atoms with E-state index in [1.807, 2.05) is 6.07 Å². The summed E-state index contributed by atoms with van der Waals surface area (Å²) in [6.45, 7) is -0.317. The van der Waals surface area contributed by atoms with Crippen LogP contribution in [0.25, 0.3) is 22.5 Å². The second kappa shape index (κ2) is 8.94. The molecular weight excluding hydrogens is 411 g/mol. The first kappa shape index (κ1) is 21.1. The van der Waals surface area contributed by atoms with Crippen molar-refractivity contribution < 1.29 is 14.3 Å². The highest BCUT2D eigenvalue weighted by molar-refractivity contribution is 5.95. The predicted molar refractivity (Wildman–Crippen MR) is 118 cm³/mol. The van der Waals surface area contributed by atoms with Crippen LogP contribution in [0.15, 0.2) is 67.1 Å². The first-order valence-corrected chi connectivity index (χ1v) is 9.84. The van der Waals surface area contributed by atoms with Gasteiger partial charge < -0.3 is 16.2 Å². The van der Waals surface area contributed by atoms with Gasteiger partial charge in [0.25, 0.3) is 5.91 Å². The number of aliphatic hydroxyl groups is 1. The number of aryl methyl sites for hydroxylation is 1. The van der Waals surface area contributed by atoms with E-state index < -0.39 is 17.8 Å². The summed E-state index contributed by atoms with van der Waals surface area (Å²) in [5.74, 6) is -1.24. The van der Waals surface area contributed by atoms with E-state index in [1.54, 1.807) is 54.5 Å². The smallest absolute Gasteiger partial charge is 0.254 e. The Kier molecular flexibility index (Phi) is 5.91. The standard InChI is InChI=1S/C23H21FN6O2/c1-30-12-16(10-27-30)19-11-26-22(25)21(28-19)15-7-8-17(18(24)9-15)23(32)29-20(13-31)14-5-3-2-4-6-14/h2-12,20,31H,13H2,1H3,(H2,25,26)(H,29,32)/t20-/m1/s1. The Morgan fingerprint density at radius 2 is 1.97 bits per heavy atom. The van der Waals surface area contributed by atoms with Crippen molar-refractivity contribution in [3.63, 3.8) is 0 Å². The predicted octanol–water partition coefficient (Wildman–Crippen LogP) is 2.73. The highest BCUT2D eigenvalue weighted by Crippen LogP contribution is 2.27. The first-order chi connectivity index (χ1) is 15.5. The van der Waals surface area contributed by atoms with Crippen molar-refractivity contribution in [2.45, 2.75) is 6.04 Å². The van der Waals surface area contributed by atoms with Gasteiger partial charge in [0.2, 0.25) is 0 Å². The molecule has 4 aromatic rings. The number of nitrogen functional groups attached to an aromatic ring is 1. The number of anilines is 1. The Balaban J connectivity index is 1.60. The third-order valence-corrected chi connectivity index (χ3v) is 4.98. The van der Waals surface area contributed by atoms with Crippen molar-refractivity contribution in [2.75, 3.05) is 12.3 Å². The Morgan fingerprint density at radius 3 is 2.62 bits per heavy atom. The molecule has 0 aliphatic rings. The van der Waals surface area contributed by atoms with Crippen molar-refractivity contribution in [1.82, 2.24) is 25.1 Å². The lowest BCUT2D eigenvalue weighted by Crippen LogP contribution is -2.31. The topological polar surface area (TPSA) is 119 Å². The zero-order chi connectivity index (χ0) is 22.7. The number of amides is 1. The Labute approximate surface area is 183 Å². The summed E-state index contributed by atoms with van der Waals surface area (Å²) in [4.78, 5) is 21.3. The minimum Gasteiger partial charge on any atom is -0.394 e. The number of aromatic nitrogens is 4. The molecule has 1 amide bonds. The Hall–Kier alpha value is -4.11. The number of aliphatic hydroxyl groups excluding tert-OH is 1. The van der Waals surface area contributed by atoms with Gasteiger partial charge in [0.05, 0.1) is 36.3 Å². The van der Waals surface area contributed by atoms with E-state index in [0.717, 1.165) is 11.1 Å². The highest BCUT2D eigenvalue weighted by Gasteiger charge is 2.19. The van der Waals surface area contributed by atoms with Crippen LogP contribution in [0.4, 0.5) is 10.2 Å². The third kappa shape index (κ3) is 4.33. The minimum atomic E-state index is -0.738. The van der Waals surface area contributed by atoms with Crippen molar-refractivity contribution >= 4 is 11.7 Å². The zero-order valence-electron chi connectivity index (χ0n) is 17.2. The monoisotopic (exact) mass is 432 g/mol. The summed E-state index contributed by atoms with van der Waals surface area (Å²) in [6.07, 6.45) is 4.94. The van der Waals surface area contributed by atoms with Crippen LogP contribution in [-0.4, -0.2) is 37.4 Å². The van der Waals surface area contributed by atoms with E-state index in [9.17, 15) is 14.3 Å². The molecule has 9 heteroatoms. The SMILES string of the molecule is Cn1cc(-c2cnc(N)c(-c3ccc(C(=O)N[C@H](CO)c4ccccc4)c(F)c3)n2)cn1. The maximum absolute atomic E-state index is 14.9. The maximum atomic E-state index is 14.9. The molecular formula is C23H21FN6O2. The molecule has 2 heterocycles. The van der Waals surface area contributed by atoms with Crippen molar-refractivity contribution in [1.29, 1.82) is 0 Å². The lowest BCUT2D eigenvalue weighted by atomic mass is 10.0. The van der Waals surface area contributed by atoms with Crippen molar-refractivity contribution in [3.05, 3.63) is 84.1 Å². The van der Waals surface area contributed by atoms with Crippen LogP contribution in [0, 0.1) is 5.82 Å². The molecule has 0 aliphatic carbocycles. The Bertz CT molecular complexity index is 1260. The molecule has 0 spiro atoms. The van der Waals surface area contributed by atoms with Crippen LogP contribution in [0.1, 0.15) is 22.0 Å². The molecule has 0 bridgehead atoms. The fourth-order valence-corrected chi connectivity index (χ4v) is 3.31. The maximum Gasteiger partial charge on any atom is 0.254 e. The summed E-state index contributed by atoms with van der Waals surface area (Å²) in [7, 11) is 1.79. The minimum absolute atomic E-state index is 0.138. The van der Waals surface area contributed by atoms with Crippen LogP contribution in [0.3, 0.4) is 0 Å².